The maximum Gasteiger partial charge on any atom is 0.0462 e. The molecular formula is C17H32N2O. The average Bonchev–Trinajstić information content (AvgIpc) is 3.31. The third-order valence-electron chi connectivity index (χ3n) is 5.78. The molecule has 0 aromatic heterocycles. The summed E-state index contributed by atoms with van der Waals surface area (Å²) in [6.07, 6.45) is 12.6. The second-order valence-electron chi connectivity index (χ2n) is 7.26. The molecule has 1 N–H and O–H groups in total. The fourth-order valence-electron chi connectivity index (χ4n) is 4.32. The van der Waals surface area contributed by atoms with Crippen molar-refractivity contribution in [3.05, 3.63) is 0 Å². The van der Waals surface area contributed by atoms with E-state index < -0.39 is 0 Å². The molecule has 3 nitrogen and oxygen atoms in total. The van der Waals surface area contributed by atoms with Crippen LogP contribution < -0.4 is 5.32 Å². The van der Waals surface area contributed by atoms with Crippen LogP contribution in [0.4, 0.5) is 0 Å². The SMILES string of the molecule is COCCCCN1CC(C2CC2)NCC12CCCCC2. The second-order valence-corrected chi connectivity index (χ2v) is 7.26. The minimum absolute atomic E-state index is 0.497. The molecule has 116 valence electrons. The zero-order chi connectivity index (χ0) is 13.8. The van der Waals surface area contributed by atoms with Crippen molar-refractivity contribution in [2.75, 3.05) is 33.4 Å². The molecule has 1 atom stereocenters. The van der Waals surface area contributed by atoms with E-state index in [9.17, 15) is 0 Å². The van der Waals surface area contributed by atoms with Gasteiger partial charge in [-0.2, -0.15) is 0 Å². The van der Waals surface area contributed by atoms with Crippen molar-refractivity contribution < 1.29 is 4.74 Å². The van der Waals surface area contributed by atoms with Gasteiger partial charge in [0.1, 0.15) is 0 Å². The van der Waals surface area contributed by atoms with Crippen LogP contribution in [0.3, 0.4) is 0 Å². The lowest BCUT2D eigenvalue weighted by atomic mass is 9.78. The Labute approximate surface area is 124 Å². The molecule has 2 aliphatic carbocycles. The van der Waals surface area contributed by atoms with Gasteiger partial charge in [0.15, 0.2) is 0 Å². The zero-order valence-electron chi connectivity index (χ0n) is 13.2. The monoisotopic (exact) mass is 280 g/mol. The Morgan fingerprint density at radius 1 is 1.15 bits per heavy atom. The van der Waals surface area contributed by atoms with Gasteiger partial charge in [0.2, 0.25) is 0 Å². The average molecular weight is 280 g/mol. The van der Waals surface area contributed by atoms with Gasteiger partial charge in [-0.3, -0.25) is 4.90 Å². The summed E-state index contributed by atoms with van der Waals surface area (Å²) in [6.45, 7) is 4.76. The fourth-order valence-corrected chi connectivity index (χ4v) is 4.32. The van der Waals surface area contributed by atoms with E-state index in [2.05, 4.69) is 10.2 Å². The first-order chi connectivity index (χ1) is 9.84. The molecule has 3 fully saturated rings. The quantitative estimate of drug-likeness (QED) is 0.757. The first-order valence-corrected chi connectivity index (χ1v) is 8.81. The normalized spacial score (nSPS) is 30.8. The summed E-state index contributed by atoms with van der Waals surface area (Å²) < 4.78 is 5.21. The Kier molecular flexibility index (Phi) is 5.00. The molecule has 2 saturated carbocycles. The van der Waals surface area contributed by atoms with Gasteiger partial charge in [0, 0.05) is 38.4 Å². The van der Waals surface area contributed by atoms with Gasteiger partial charge in [0.25, 0.3) is 0 Å². The minimum atomic E-state index is 0.497. The van der Waals surface area contributed by atoms with Crippen molar-refractivity contribution in [1.82, 2.24) is 10.2 Å². The molecule has 0 amide bonds. The molecule has 0 aromatic rings. The van der Waals surface area contributed by atoms with Gasteiger partial charge in [-0.15, -0.1) is 0 Å². The minimum Gasteiger partial charge on any atom is -0.385 e. The van der Waals surface area contributed by atoms with Crippen LogP contribution >= 0.6 is 0 Å². The second kappa shape index (κ2) is 6.76. The summed E-state index contributed by atoms with van der Waals surface area (Å²) in [5.74, 6) is 0.984. The first-order valence-electron chi connectivity index (χ1n) is 8.81. The predicted molar refractivity (Wildman–Crippen MR) is 83.0 cm³/mol. The van der Waals surface area contributed by atoms with Crippen molar-refractivity contribution in [3.63, 3.8) is 0 Å². The number of hydrogen-bond acceptors (Lipinski definition) is 3. The van der Waals surface area contributed by atoms with Crippen LogP contribution in [-0.2, 0) is 4.74 Å². The highest BCUT2D eigenvalue weighted by atomic mass is 16.5. The van der Waals surface area contributed by atoms with E-state index in [1.807, 2.05) is 7.11 Å². The fraction of sp³-hybridized carbons (Fsp3) is 1.00. The molecule has 1 aliphatic heterocycles. The molecule has 3 aliphatic rings. The summed E-state index contributed by atoms with van der Waals surface area (Å²) in [6, 6.07) is 0.782. The molecule has 1 saturated heterocycles. The molecule has 3 rings (SSSR count). The van der Waals surface area contributed by atoms with E-state index in [1.165, 1.54) is 77.4 Å². The summed E-state index contributed by atoms with van der Waals surface area (Å²) in [5.41, 5.74) is 0.497. The van der Waals surface area contributed by atoms with Gasteiger partial charge in [0.05, 0.1) is 0 Å². The third-order valence-corrected chi connectivity index (χ3v) is 5.78. The highest BCUT2D eigenvalue weighted by Gasteiger charge is 2.45. The van der Waals surface area contributed by atoms with Crippen molar-refractivity contribution in [3.8, 4) is 0 Å². The topological polar surface area (TPSA) is 24.5 Å². The standard InChI is InChI=1S/C17H32N2O/c1-20-12-6-5-11-19-13-16(15-7-8-15)18-14-17(19)9-3-2-4-10-17/h15-16,18H,2-14H2,1H3. The molecular weight excluding hydrogens is 248 g/mol. The molecule has 1 heterocycles. The molecule has 1 spiro atoms. The van der Waals surface area contributed by atoms with Crippen LogP contribution in [0.15, 0.2) is 0 Å². The summed E-state index contributed by atoms with van der Waals surface area (Å²) in [5, 5.41) is 3.91. The Hall–Kier alpha value is -0.120. The van der Waals surface area contributed by atoms with Crippen LogP contribution in [-0.4, -0.2) is 49.8 Å². The Balaban J connectivity index is 1.58. The van der Waals surface area contributed by atoms with E-state index in [0.717, 1.165) is 18.6 Å². The van der Waals surface area contributed by atoms with Crippen LogP contribution in [0.2, 0.25) is 0 Å². The van der Waals surface area contributed by atoms with Gasteiger partial charge in [-0.25, -0.2) is 0 Å². The van der Waals surface area contributed by atoms with Crippen molar-refractivity contribution in [2.45, 2.75) is 69.4 Å². The number of piperazine rings is 1. The largest absolute Gasteiger partial charge is 0.385 e. The van der Waals surface area contributed by atoms with Crippen LogP contribution in [0, 0.1) is 5.92 Å². The van der Waals surface area contributed by atoms with Crippen molar-refractivity contribution in [1.29, 1.82) is 0 Å². The Bertz CT molecular complexity index is 297. The van der Waals surface area contributed by atoms with Crippen LogP contribution in [0.25, 0.3) is 0 Å². The van der Waals surface area contributed by atoms with Crippen LogP contribution in [0.5, 0.6) is 0 Å². The lowest BCUT2D eigenvalue weighted by Gasteiger charge is -2.52. The molecule has 1 unspecified atom stereocenters. The van der Waals surface area contributed by atoms with Gasteiger partial charge < -0.3 is 10.1 Å². The summed E-state index contributed by atoms with van der Waals surface area (Å²) >= 11 is 0. The summed E-state index contributed by atoms with van der Waals surface area (Å²) in [4.78, 5) is 2.88. The maximum atomic E-state index is 5.21. The highest BCUT2D eigenvalue weighted by molar-refractivity contribution is 5.03. The predicted octanol–water partition coefficient (Wildman–Crippen LogP) is 2.80. The summed E-state index contributed by atoms with van der Waals surface area (Å²) in [7, 11) is 1.82. The number of methoxy groups -OCH3 is 1. The lowest BCUT2D eigenvalue weighted by Crippen LogP contribution is -2.65. The first kappa shape index (κ1) is 14.8. The maximum absolute atomic E-state index is 5.21. The number of rotatable bonds is 6. The number of nitrogens with one attached hydrogen (secondary N) is 1. The Morgan fingerprint density at radius 3 is 2.65 bits per heavy atom. The van der Waals surface area contributed by atoms with Crippen LogP contribution in [0.1, 0.15) is 57.8 Å². The lowest BCUT2D eigenvalue weighted by molar-refractivity contribution is 0.00406. The molecule has 0 bridgehead atoms. The van der Waals surface area contributed by atoms with E-state index in [0.29, 0.717) is 5.54 Å². The van der Waals surface area contributed by atoms with Crippen molar-refractivity contribution in [2.24, 2.45) is 5.92 Å². The smallest absolute Gasteiger partial charge is 0.0462 e. The van der Waals surface area contributed by atoms with Crippen molar-refractivity contribution >= 4 is 0 Å². The van der Waals surface area contributed by atoms with E-state index in [1.54, 1.807) is 0 Å². The van der Waals surface area contributed by atoms with Gasteiger partial charge in [-0.05, 0) is 51.0 Å². The molecule has 20 heavy (non-hydrogen) atoms. The zero-order valence-corrected chi connectivity index (χ0v) is 13.2. The number of nitrogens with zero attached hydrogens (tertiary/aromatic N) is 1. The molecule has 0 aromatic carbocycles. The molecule has 0 radical (unpaired) electrons. The Morgan fingerprint density at radius 2 is 1.95 bits per heavy atom. The van der Waals surface area contributed by atoms with Gasteiger partial charge >= 0.3 is 0 Å². The highest BCUT2D eigenvalue weighted by Crippen LogP contribution is 2.40. The third kappa shape index (κ3) is 3.37. The number of hydrogen-bond donors (Lipinski definition) is 1. The van der Waals surface area contributed by atoms with E-state index >= 15 is 0 Å². The number of ether oxygens (including phenoxy) is 1. The molecule has 3 heteroatoms. The van der Waals surface area contributed by atoms with E-state index in [-0.39, 0.29) is 0 Å². The van der Waals surface area contributed by atoms with Gasteiger partial charge in [-0.1, -0.05) is 19.3 Å². The van der Waals surface area contributed by atoms with E-state index in [4.69, 9.17) is 4.74 Å². The number of unbranched alkanes of at least 4 members (excludes halogenated alkanes) is 1.